The molecule has 0 atom stereocenters. The molecule has 13 heavy (non-hydrogen) atoms. The van der Waals surface area contributed by atoms with Crippen molar-refractivity contribution in [1.82, 2.24) is 9.78 Å². The van der Waals surface area contributed by atoms with E-state index in [-0.39, 0.29) is 12.4 Å². The Bertz CT molecular complexity index is 233. The number of rotatable bonds is 4. The van der Waals surface area contributed by atoms with Crippen LogP contribution in [-0.4, -0.2) is 16.3 Å². The van der Waals surface area contributed by atoms with E-state index in [1.807, 2.05) is 17.1 Å². The lowest BCUT2D eigenvalue weighted by Crippen LogP contribution is -2.07. The number of nitrogens with one attached hydrogen (secondary N) is 1. The van der Waals surface area contributed by atoms with Crippen molar-refractivity contribution in [3.8, 4) is 0 Å². The van der Waals surface area contributed by atoms with Crippen molar-refractivity contribution < 1.29 is 0 Å². The summed E-state index contributed by atoms with van der Waals surface area (Å²) in [6, 6.07) is 0. The quantitative estimate of drug-likeness (QED) is 0.815. The fraction of sp³-hybridized carbons (Fsp3) is 0.667. The van der Waals surface area contributed by atoms with Gasteiger partial charge >= 0.3 is 0 Å². The van der Waals surface area contributed by atoms with Crippen molar-refractivity contribution in [3.05, 3.63) is 12.4 Å². The van der Waals surface area contributed by atoms with Crippen LogP contribution in [0.5, 0.6) is 0 Å². The molecule has 1 aromatic rings. The Kier molecular flexibility index (Phi) is 5.55. The Morgan fingerprint density at radius 3 is 2.69 bits per heavy atom. The van der Waals surface area contributed by atoms with Crippen LogP contribution in [0.3, 0.4) is 0 Å². The zero-order valence-corrected chi connectivity index (χ0v) is 9.27. The molecule has 1 rings (SSSR count). The Morgan fingerprint density at radius 2 is 2.23 bits per heavy atom. The maximum atomic E-state index is 4.17. The molecule has 0 unspecified atom stereocenters. The Labute approximate surface area is 85.9 Å². The molecule has 0 spiro atoms. The van der Waals surface area contributed by atoms with Crippen LogP contribution in [0, 0.1) is 5.92 Å². The van der Waals surface area contributed by atoms with Gasteiger partial charge in [-0.05, 0) is 12.8 Å². The van der Waals surface area contributed by atoms with Crippen LogP contribution in [0.2, 0.25) is 0 Å². The van der Waals surface area contributed by atoms with Gasteiger partial charge in [0.15, 0.2) is 0 Å². The van der Waals surface area contributed by atoms with Crippen molar-refractivity contribution in [2.24, 2.45) is 5.92 Å². The van der Waals surface area contributed by atoms with Crippen LogP contribution in [-0.2, 0) is 6.54 Å². The van der Waals surface area contributed by atoms with Gasteiger partial charge in [0.2, 0.25) is 0 Å². The van der Waals surface area contributed by atoms with Gasteiger partial charge in [-0.3, -0.25) is 4.68 Å². The van der Waals surface area contributed by atoms with Crippen molar-refractivity contribution in [2.75, 3.05) is 11.9 Å². The van der Waals surface area contributed by atoms with Crippen LogP contribution in [0.25, 0.3) is 0 Å². The number of hydrogen-bond donors (Lipinski definition) is 1. The Balaban J connectivity index is 0.00000144. The maximum Gasteiger partial charge on any atom is 0.0726 e. The molecule has 1 heterocycles. The van der Waals surface area contributed by atoms with Crippen LogP contribution in [0.15, 0.2) is 12.4 Å². The molecule has 0 aromatic carbocycles. The third kappa shape index (κ3) is 4.18. The van der Waals surface area contributed by atoms with Gasteiger partial charge in [-0.15, -0.1) is 12.4 Å². The molecule has 76 valence electrons. The number of anilines is 1. The van der Waals surface area contributed by atoms with E-state index in [0.29, 0.717) is 5.92 Å². The summed E-state index contributed by atoms with van der Waals surface area (Å²) in [6.45, 7) is 8.41. The molecule has 0 aliphatic heterocycles. The van der Waals surface area contributed by atoms with Gasteiger partial charge in [-0.1, -0.05) is 13.8 Å². The van der Waals surface area contributed by atoms with E-state index in [1.165, 1.54) is 0 Å². The molecule has 0 fully saturated rings. The maximum absolute atomic E-state index is 4.17. The standard InChI is InChI=1S/C9H17N3.ClH/c1-4-12-7-9(6-11-12)10-5-8(2)3;/h6-8,10H,4-5H2,1-3H3;1H. The second-order valence-electron chi connectivity index (χ2n) is 3.36. The third-order valence-corrected chi connectivity index (χ3v) is 1.67. The predicted octanol–water partition coefficient (Wildman–Crippen LogP) is 2.39. The lowest BCUT2D eigenvalue weighted by atomic mass is 10.2. The third-order valence-electron chi connectivity index (χ3n) is 1.67. The number of aryl methyl sites for hydroxylation is 1. The fourth-order valence-electron chi connectivity index (χ4n) is 0.950. The number of halogens is 1. The highest BCUT2D eigenvalue weighted by Crippen LogP contribution is 2.05. The van der Waals surface area contributed by atoms with Gasteiger partial charge in [-0.25, -0.2) is 0 Å². The highest BCUT2D eigenvalue weighted by Gasteiger charge is 1.97. The fourth-order valence-corrected chi connectivity index (χ4v) is 0.950. The minimum absolute atomic E-state index is 0. The van der Waals surface area contributed by atoms with Crippen LogP contribution >= 0.6 is 12.4 Å². The van der Waals surface area contributed by atoms with Crippen molar-refractivity contribution in [3.63, 3.8) is 0 Å². The molecular formula is C9H18ClN3. The molecule has 0 saturated heterocycles. The van der Waals surface area contributed by atoms with Crippen molar-refractivity contribution in [1.29, 1.82) is 0 Å². The SMILES string of the molecule is CCn1cc(NCC(C)C)cn1.Cl. The molecule has 0 amide bonds. The zero-order chi connectivity index (χ0) is 8.97. The molecule has 4 heteroatoms. The first-order valence-corrected chi connectivity index (χ1v) is 4.48. The summed E-state index contributed by atoms with van der Waals surface area (Å²) in [5.74, 6) is 0.676. The Morgan fingerprint density at radius 1 is 1.54 bits per heavy atom. The summed E-state index contributed by atoms with van der Waals surface area (Å²) in [5, 5.41) is 7.48. The average Bonchev–Trinajstić information content (AvgIpc) is 2.48. The van der Waals surface area contributed by atoms with Gasteiger partial charge in [0, 0.05) is 19.3 Å². The summed E-state index contributed by atoms with van der Waals surface area (Å²) in [4.78, 5) is 0. The van der Waals surface area contributed by atoms with Crippen molar-refractivity contribution in [2.45, 2.75) is 27.3 Å². The van der Waals surface area contributed by atoms with Crippen LogP contribution in [0.1, 0.15) is 20.8 Å². The summed E-state index contributed by atoms with van der Waals surface area (Å²) in [7, 11) is 0. The molecule has 0 bridgehead atoms. The Hall–Kier alpha value is -0.700. The summed E-state index contributed by atoms with van der Waals surface area (Å²) < 4.78 is 1.92. The topological polar surface area (TPSA) is 29.9 Å². The first-order valence-electron chi connectivity index (χ1n) is 4.48. The summed E-state index contributed by atoms with van der Waals surface area (Å²) in [5.41, 5.74) is 1.12. The van der Waals surface area contributed by atoms with E-state index >= 15 is 0 Å². The van der Waals surface area contributed by atoms with Gasteiger partial charge in [0.1, 0.15) is 0 Å². The lowest BCUT2D eigenvalue weighted by molar-refractivity contribution is 0.659. The largest absolute Gasteiger partial charge is 0.382 e. The molecule has 0 radical (unpaired) electrons. The molecule has 1 aromatic heterocycles. The summed E-state index contributed by atoms with van der Waals surface area (Å²) >= 11 is 0. The first kappa shape index (κ1) is 12.3. The second kappa shape index (κ2) is 5.86. The zero-order valence-electron chi connectivity index (χ0n) is 8.45. The van der Waals surface area contributed by atoms with E-state index < -0.39 is 0 Å². The van der Waals surface area contributed by atoms with E-state index in [2.05, 4.69) is 31.2 Å². The second-order valence-corrected chi connectivity index (χ2v) is 3.36. The highest BCUT2D eigenvalue weighted by atomic mass is 35.5. The van der Waals surface area contributed by atoms with Gasteiger partial charge in [0.25, 0.3) is 0 Å². The molecular weight excluding hydrogens is 186 g/mol. The molecule has 0 aliphatic carbocycles. The molecule has 0 saturated carbocycles. The smallest absolute Gasteiger partial charge is 0.0726 e. The van der Waals surface area contributed by atoms with Crippen molar-refractivity contribution >= 4 is 18.1 Å². The minimum Gasteiger partial charge on any atom is -0.382 e. The molecule has 3 nitrogen and oxygen atoms in total. The normalized spacial score (nSPS) is 9.85. The lowest BCUT2D eigenvalue weighted by Gasteiger charge is -2.05. The van der Waals surface area contributed by atoms with E-state index in [4.69, 9.17) is 0 Å². The number of hydrogen-bond acceptors (Lipinski definition) is 2. The number of nitrogens with zero attached hydrogens (tertiary/aromatic N) is 2. The van der Waals surface area contributed by atoms with Gasteiger partial charge in [0.05, 0.1) is 11.9 Å². The average molecular weight is 204 g/mol. The van der Waals surface area contributed by atoms with E-state index in [1.54, 1.807) is 0 Å². The minimum atomic E-state index is 0. The van der Waals surface area contributed by atoms with Crippen LogP contribution < -0.4 is 5.32 Å². The number of aromatic nitrogens is 2. The van der Waals surface area contributed by atoms with Gasteiger partial charge in [-0.2, -0.15) is 5.10 Å². The monoisotopic (exact) mass is 203 g/mol. The molecule has 1 N–H and O–H groups in total. The highest BCUT2D eigenvalue weighted by molar-refractivity contribution is 5.85. The van der Waals surface area contributed by atoms with E-state index in [0.717, 1.165) is 18.8 Å². The first-order chi connectivity index (χ1) is 5.72. The van der Waals surface area contributed by atoms with E-state index in [9.17, 15) is 0 Å². The van der Waals surface area contributed by atoms with Gasteiger partial charge < -0.3 is 5.32 Å². The predicted molar refractivity (Wildman–Crippen MR) is 58.5 cm³/mol. The molecule has 0 aliphatic rings. The summed E-state index contributed by atoms with van der Waals surface area (Å²) in [6.07, 6.45) is 3.90. The van der Waals surface area contributed by atoms with Crippen LogP contribution in [0.4, 0.5) is 5.69 Å².